The van der Waals surface area contributed by atoms with Gasteiger partial charge in [-0.2, -0.15) is 0 Å². The Bertz CT molecular complexity index is 198. The van der Waals surface area contributed by atoms with Crippen molar-refractivity contribution in [3.63, 3.8) is 0 Å². The predicted octanol–water partition coefficient (Wildman–Crippen LogP) is 1.31. The van der Waals surface area contributed by atoms with Crippen molar-refractivity contribution < 1.29 is 19.1 Å². The highest BCUT2D eigenvalue weighted by molar-refractivity contribution is 7.54. The number of rotatable bonds is 5. The van der Waals surface area contributed by atoms with Crippen molar-refractivity contribution >= 4 is 13.9 Å². The smallest absolute Gasteiger partial charge is 0.324 e. The van der Waals surface area contributed by atoms with Crippen molar-refractivity contribution in [2.24, 2.45) is 0 Å². The molecule has 0 saturated carbocycles. The number of aldehydes is 1. The molecule has 0 aromatic rings. The lowest BCUT2D eigenvalue weighted by Crippen LogP contribution is -2.29. The van der Waals surface area contributed by atoms with Crippen LogP contribution in [0.1, 0.15) is 33.1 Å². The van der Waals surface area contributed by atoms with Gasteiger partial charge < -0.3 is 14.6 Å². The summed E-state index contributed by atoms with van der Waals surface area (Å²) in [6.45, 7) is 3.41. The summed E-state index contributed by atoms with van der Waals surface area (Å²) in [7, 11) is -4.29. The second-order valence-corrected chi connectivity index (χ2v) is 4.85. The van der Waals surface area contributed by atoms with Crippen LogP contribution in [0.4, 0.5) is 0 Å². The normalized spacial score (nSPS) is 17.0. The maximum Gasteiger partial charge on any atom is 0.338 e. The van der Waals surface area contributed by atoms with Crippen LogP contribution in [0.3, 0.4) is 0 Å². The van der Waals surface area contributed by atoms with Gasteiger partial charge in [-0.25, -0.2) is 0 Å². The lowest BCUT2D eigenvalue weighted by molar-refractivity contribution is -0.110. The minimum atomic E-state index is -4.29. The zero-order valence-corrected chi connectivity index (χ0v) is 8.25. The first-order chi connectivity index (χ1) is 5.43. The zero-order chi connectivity index (χ0) is 9.83. The summed E-state index contributed by atoms with van der Waals surface area (Å²) in [5, 5.41) is -1.44. The van der Waals surface area contributed by atoms with Crippen molar-refractivity contribution in [1.82, 2.24) is 0 Å². The fourth-order valence-corrected chi connectivity index (χ4v) is 2.24. The van der Waals surface area contributed by atoms with Gasteiger partial charge in [-0.15, -0.1) is 0 Å². The van der Waals surface area contributed by atoms with E-state index < -0.39 is 12.8 Å². The second-order valence-electron chi connectivity index (χ2n) is 2.87. The second kappa shape index (κ2) is 4.17. The molecule has 5 heteroatoms. The number of hydrogen-bond donors (Lipinski definition) is 2. The van der Waals surface area contributed by atoms with Crippen LogP contribution in [0, 0.1) is 0 Å². The molecular weight excluding hydrogens is 179 g/mol. The van der Waals surface area contributed by atoms with Crippen molar-refractivity contribution in [3.05, 3.63) is 0 Å². The van der Waals surface area contributed by atoms with E-state index in [1.807, 2.05) is 0 Å². The third kappa shape index (κ3) is 2.16. The van der Waals surface area contributed by atoms with Gasteiger partial charge in [0, 0.05) is 0 Å². The molecule has 0 spiro atoms. The average molecular weight is 194 g/mol. The molecular formula is C7H15O4P. The molecule has 0 aliphatic carbocycles. The maximum atomic E-state index is 11.0. The van der Waals surface area contributed by atoms with Gasteiger partial charge >= 0.3 is 7.60 Å². The van der Waals surface area contributed by atoms with Gasteiger partial charge in [0.25, 0.3) is 0 Å². The van der Waals surface area contributed by atoms with E-state index in [4.69, 9.17) is 9.79 Å². The van der Waals surface area contributed by atoms with Crippen molar-refractivity contribution in [3.8, 4) is 0 Å². The van der Waals surface area contributed by atoms with E-state index in [1.165, 1.54) is 0 Å². The molecule has 0 bridgehead atoms. The van der Waals surface area contributed by atoms with Crippen molar-refractivity contribution in [2.75, 3.05) is 0 Å². The summed E-state index contributed by atoms with van der Waals surface area (Å²) >= 11 is 0. The molecule has 0 saturated heterocycles. The summed E-state index contributed by atoms with van der Waals surface area (Å²) in [6.07, 6.45) is 1.43. The molecule has 1 atom stereocenters. The lowest BCUT2D eigenvalue weighted by Gasteiger charge is -2.26. The molecule has 0 radical (unpaired) electrons. The largest absolute Gasteiger partial charge is 0.338 e. The third-order valence-electron chi connectivity index (χ3n) is 2.09. The minimum Gasteiger partial charge on any atom is -0.324 e. The van der Waals surface area contributed by atoms with Crippen LogP contribution < -0.4 is 0 Å². The molecule has 72 valence electrons. The molecule has 0 heterocycles. The predicted molar refractivity (Wildman–Crippen MR) is 46.0 cm³/mol. The quantitative estimate of drug-likeness (QED) is 0.511. The summed E-state index contributed by atoms with van der Waals surface area (Å²) < 4.78 is 11.0. The van der Waals surface area contributed by atoms with Gasteiger partial charge in [0.05, 0.1) is 0 Å². The summed E-state index contributed by atoms with van der Waals surface area (Å²) in [4.78, 5) is 28.5. The van der Waals surface area contributed by atoms with E-state index in [2.05, 4.69) is 0 Å². The standard InChI is InChI=1S/C7H15O4P/c1-3-5-7(4-2,6-8)12(9,10)11/h6H,3-5H2,1-2H3,(H2,9,10,11). The fraction of sp³-hybridized carbons (Fsp3) is 0.857. The van der Waals surface area contributed by atoms with E-state index in [-0.39, 0.29) is 12.8 Å². The van der Waals surface area contributed by atoms with Crippen molar-refractivity contribution in [1.29, 1.82) is 0 Å². The van der Waals surface area contributed by atoms with Gasteiger partial charge in [-0.1, -0.05) is 20.3 Å². The minimum absolute atomic E-state index is 0.189. The van der Waals surface area contributed by atoms with Crippen LogP contribution in [0.25, 0.3) is 0 Å². The Balaban J connectivity index is 4.82. The third-order valence-corrected chi connectivity index (χ3v) is 3.90. The summed E-state index contributed by atoms with van der Waals surface area (Å²) in [5.74, 6) is 0. The fourth-order valence-electron chi connectivity index (χ4n) is 1.17. The van der Waals surface area contributed by atoms with E-state index >= 15 is 0 Å². The molecule has 2 N–H and O–H groups in total. The van der Waals surface area contributed by atoms with Gasteiger partial charge in [-0.05, 0) is 12.8 Å². The molecule has 0 fully saturated rings. The number of carbonyl (C=O) groups is 1. The molecule has 0 amide bonds. The molecule has 1 unspecified atom stereocenters. The van der Waals surface area contributed by atoms with Gasteiger partial charge in [0.2, 0.25) is 0 Å². The number of hydrogen-bond acceptors (Lipinski definition) is 2. The monoisotopic (exact) mass is 194 g/mol. The molecule has 12 heavy (non-hydrogen) atoms. The van der Waals surface area contributed by atoms with Crippen LogP contribution in [-0.4, -0.2) is 21.2 Å². The maximum absolute atomic E-state index is 11.0. The highest BCUT2D eigenvalue weighted by atomic mass is 31.2. The van der Waals surface area contributed by atoms with Crippen LogP contribution in [-0.2, 0) is 9.36 Å². The average Bonchev–Trinajstić information content (AvgIpc) is 1.98. The SMILES string of the molecule is CCCC(C=O)(CC)P(=O)(O)O. The van der Waals surface area contributed by atoms with E-state index in [9.17, 15) is 9.36 Å². The van der Waals surface area contributed by atoms with E-state index in [0.717, 1.165) is 0 Å². The topological polar surface area (TPSA) is 74.6 Å². The summed E-state index contributed by atoms with van der Waals surface area (Å²) in [6, 6.07) is 0. The molecule has 0 rings (SSSR count). The van der Waals surface area contributed by atoms with Gasteiger partial charge in [-0.3, -0.25) is 4.57 Å². The lowest BCUT2D eigenvalue weighted by atomic mass is 10.0. The van der Waals surface area contributed by atoms with Crippen molar-refractivity contribution in [2.45, 2.75) is 38.3 Å². The first kappa shape index (κ1) is 11.8. The van der Waals surface area contributed by atoms with Gasteiger partial charge in [0.1, 0.15) is 11.4 Å². The van der Waals surface area contributed by atoms with Crippen LogP contribution in [0.15, 0.2) is 0 Å². The highest BCUT2D eigenvalue weighted by Gasteiger charge is 2.44. The molecule has 0 aliphatic rings. The Morgan fingerprint density at radius 3 is 2.00 bits per heavy atom. The Hall–Kier alpha value is -0.180. The summed E-state index contributed by atoms with van der Waals surface area (Å²) in [5.41, 5.74) is 0. The Kier molecular flexibility index (Phi) is 4.11. The van der Waals surface area contributed by atoms with E-state index in [0.29, 0.717) is 12.7 Å². The first-order valence-corrected chi connectivity index (χ1v) is 5.56. The van der Waals surface area contributed by atoms with E-state index in [1.54, 1.807) is 13.8 Å². The number of carbonyl (C=O) groups excluding carboxylic acids is 1. The first-order valence-electron chi connectivity index (χ1n) is 3.95. The van der Waals surface area contributed by atoms with Crippen LogP contribution >= 0.6 is 7.60 Å². The Morgan fingerprint density at radius 2 is 1.92 bits per heavy atom. The Morgan fingerprint density at radius 1 is 1.42 bits per heavy atom. The highest BCUT2D eigenvalue weighted by Crippen LogP contribution is 2.53. The van der Waals surface area contributed by atoms with Crippen LogP contribution in [0.2, 0.25) is 0 Å². The zero-order valence-electron chi connectivity index (χ0n) is 7.36. The molecule has 4 nitrogen and oxygen atoms in total. The van der Waals surface area contributed by atoms with Crippen LogP contribution in [0.5, 0.6) is 0 Å². The van der Waals surface area contributed by atoms with Gasteiger partial charge in [0.15, 0.2) is 0 Å². The molecule has 0 aromatic carbocycles. The molecule has 0 aromatic heterocycles. The molecule has 0 aliphatic heterocycles. The Labute approximate surface area is 72.1 Å².